The zero-order valence-electron chi connectivity index (χ0n) is 16.2. The molecule has 1 fully saturated rings. The van der Waals surface area contributed by atoms with Crippen LogP contribution in [0.5, 0.6) is 0 Å². The number of benzene rings is 1. The molecule has 2 heterocycles. The van der Waals surface area contributed by atoms with Crippen molar-refractivity contribution in [1.82, 2.24) is 10.3 Å². The molecule has 6 nitrogen and oxygen atoms in total. The van der Waals surface area contributed by atoms with Crippen molar-refractivity contribution in [3.05, 3.63) is 57.7 Å². The molecule has 0 spiro atoms. The minimum atomic E-state index is -1.06. The van der Waals surface area contributed by atoms with Crippen molar-refractivity contribution in [3.8, 4) is 0 Å². The second kappa shape index (κ2) is 9.01. The van der Waals surface area contributed by atoms with E-state index in [1.807, 2.05) is 31.2 Å². The molecule has 154 valence electrons. The van der Waals surface area contributed by atoms with E-state index in [4.69, 9.17) is 28.3 Å². The highest BCUT2D eigenvalue weighted by molar-refractivity contribution is 6.42. The number of nitrogens with zero attached hydrogens (tertiary/aromatic N) is 2. The van der Waals surface area contributed by atoms with Crippen LogP contribution in [0, 0.1) is 12.8 Å². The third kappa shape index (κ3) is 4.65. The average Bonchev–Trinajstić information content (AvgIpc) is 2.70. The van der Waals surface area contributed by atoms with Crippen LogP contribution in [0.25, 0.3) is 0 Å². The lowest BCUT2D eigenvalue weighted by Crippen LogP contribution is -2.46. The Morgan fingerprint density at radius 1 is 1.28 bits per heavy atom. The lowest BCUT2D eigenvalue weighted by atomic mass is 9.86. The summed E-state index contributed by atoms with van der Waals surface area (Å²) in [5.41, 5.74) is 1.85. The lowest BCUT2D eigenvalue weighted by Gasteiger charge is -2.41. The summed E-state index contributed by atoms with van der Waals surface area (Å²) in [6.07, 6.45) is 2.81. The number of hydrogen-bond acceptors (Lipinski definition) is 4. The number of hydrogen-bond donors (Lipinski definition) is 2. The molecule has 1 saturated heterocycles. The number of halogens is 2. The first-order chi connectivity index (χ1) is 13.8. The van der Waals surface area contributed by atoms with Gasteiger partial charge in [0.2, 0.25) is 5.91 Å². The maximum atomic E-state index is 12.7. The SMILES string of the molecule is Cc1cccnc1N1CCC(C(=O)NC(C)C(=O)O)CC1c1cccc(Cl)c1Cl. The third-order valence-electron chi connectivity index (χ3n) is 5.30. The number of amides is 1. The fourth-order valence-corrected chi connectivity index (χ4v) is 4.13. The molecule has 0 aliphatic carbocycles. The van der Waals surface area contributed by atoms with Crippen LogP contribution in [0.2, 0.25) is 10.0 Å². The summed E-state index contributed by atoms with van der Waals surface area (Å²) in [6.45, 7) is 4.04. The number of nitrogens with one attached hydrogen (secondary N) is 1. The van der Waals surface area contributed by atoms with Gasteiger partial charge >= 0.3 is 5.97 Å². The van der Waals surface area contributed by atoms with Gasteiger partial charge in [0.15, 0.2) is 0 Å². The van der Waals surface area contributed by atoms with E-state index in [0.717, 1.165) is 16.9 Å². The summed E-state index contributed by atoms with van der Waals surface area (Å²) in [5.74, 6) is -0.821. The molecule has 3 atom stereocenters. The number of piperidine rings is 1. The molecule has 8 heteroatoms. The van der Waals surface area contributed by atoms with E-state index >= 15 is 0 Å². The van der Waals surface area contributed by atoms with Gasteiger partial charge in [-0.3, -0.25) is 9.59 Å². The third-order valence-corrected chi connectivity index (χ3v) is 6.13. The van der Waals surface area contributed by atoms with E-state index in [9.17, 15) is 9.59 Å². The summed E-state index contributed by atoms with van der Waals surface area (Å²) in [5, 5.41) is 12.6. The number of aliphatic carboxylic acids is 1. The minimum absolute atomic E-state index is 0.209. The van der Waals surface area contributed by atoms with Crippen LogP contribution >= 0.6 is 23.2 Å². The van der Waals surface area contributed by atoms with Crippen molar-refractivity contribution in [2.45, 2.75) is 38.8 Å². The number of carbonyl (C=O) groups is 2. The van der Waals surface area contributed by atoms with Crippen LogP contribution in [0.15, 0.2) is 36.5 Å². The minimum Gasteiger partial charge on any atom is -0.480 e. The molecule has 3 rings (SSSR count). The molecule has 3 unspecified atom stereocenters. The van der Waals surface area contributed by atoms with E-state index in [-0.39, 0.29) is 17.9 Å². The smallest absolute Gasteiger partial charge is 0.325 e. The topological polar surface area (TPSA) is 82.5 Å². The Morgan fingerprint density at radius 2 is 2.03 bits per heavy atom. The van der Waals surface area contributed by atoms with Crippen molar-refractivity contribution in [2.24, 2.45) is 5.92 Å². The number of aromatic nitrogens is 1. The summed E-state index contributed by atoms with van der Waals surface area (Å²) in [6, 6.07) is 8.20. The summed E-state index contributed by atoms with van der Waals surface area (Å²) in [4.78, 5) is 30.5. The fourth-order valence-electron chi connectivity index (χ4n) is 3.70. The van der Waals surface area contributed by atoms with Crippen LogP contribution in [0.4, 0.5) is 5.82 Å². The van der Waals surface area contributed by atoms with Crippen LogP contribution in [-0.2, 0) is 9.59 Å². The molecular formula is C21H23Cl2N3O3. The van der Waals surface area contributed by atoms with Gasteiger partial charge in [-0.05, 0) is 49.9 Å². The fraction of sp³-hybridized carbons (Fsp3) is 0.381. The Labute approximate surface area is 179 Å². The van der Waals surface area contributed by atoms with Gasteiger partial charge in [-0.2, -0.15) is 0 Å². The predicted octanol–water partition coefficient (Wildman–Crippen LogP) is 4.24. The number of carbonyl (C=O) groups excluding carboxylic acids is 1. The van der Waals surface area contributed by atoms with Crippen LogP contribution < -0.4 is 10.2 Å². The molecule has 1 amide bonds. The van der Waals surface area contributed by atoms with Gasteiger partial charge in [0.25, 0.3) is 0 Å². The molecule has 0 bridgehead atoms. The summed E-state index contributed by atoms with van der Waals surface area (Å²) in [7, 11) is 0. The molecule has 1 aliphatic heterocycles. The summed E-state index contributed by atoms with van der Waals surface area (Å²) < 4.78 is 0. The second-order valence-electron chi connectivity index (χ2n) is 7.29. The zero-order valence-corrected chi connectivity index (χ0v) is 17.7. The molecule has 2 N–H and O–H groups in total. The van der Waals surface area contributed by atoms with E-state index in [2.05, 4.69) is 15.2 Å². The molecular weight excluding hydrogens is 413 g/mol. The number of carboxylic acids is 1. The van der Waals surface area contributed by atoms with Gasteiger partial charge in [-0.25, -0.2) is 4.98 Å². The predicted molar refractivity (Wildman–Crippen MR) is 113 cm³/mol. The van der Waals surface area contributed by atoms with Crippen molar-refractivity contribution in [1.29, 1.82) is 0 Å². The zero-order chi connectivity index (χ0) is 21.1. The first-order valence-corrected chi connectivity index (χ1v) is 10.2. The van der Waals surface area contributed by atoms with Crippen molar-refractivity contribution < 1.29 is 14.7 Å². The van der Waals surface area contributed by atoms with Gasteiger partial charge in [0.1, 0.15) is 11.9 Å². The van der Waals surface area contributed by atoms with Crippen molar-refractivity contribution in [3.63, 3.8) is 0 Å². The van der Waals surface area contributed by atoms with Gasteiger partial charge < -0.3 is 15.3 Å². The molecule has 1 aromatic carbocycles. The Kier molecular flexibility index (Phi) is 6.65. The van der Waals surface area contributed by atoms with Gasteiger partial charge in [0.05, 0.1) is 16.1 Å². The van der Waals surface area contributed by atoms with Gasteiger partial charge in [-0.15, -0.1) is 0 Å². The molecule has 1 aliphatic rings. The first kappa shape index (κ1) is 21.4. The first-order valence-electron chi connectivity index (χ1n) is 9.45. The Balaban J connectivity index is 1.94. The molecule has 29 heavy (non-hydrogen) atoms. The average molecular weight is 436 g/mol. The van der Waals surface area contributed by atoms with E-state index < -0.39 is 12.0 Å². The number of anilines is 1. The Morgan fingerprint density at radius 3 is 2.72 bits per heavy atom. The van der Waals surface area contributed by atoms with Gasteiger partial charge in [0, 0.05) is 18.7 Å². The molecule has 0 saturated carbocycles. The van der Waals surface area contributed by atoms with Crippen molar-refractivity contribution in [2.75, 3.05) is 11.4 Å². The van der Waals surface area contributed by atoms with E-state index in [1.54, 1.807) is 12.3 Å². The van der Waals surface area contributed by atoms with Crippen LogP contribution in [0.1, 0.15) is 36.9 Å². The van der Waals surface area contributed by atoms with E-state index in [0.29, 0.717) is 29.4 Å². The molecule has 2 aromatic rings. The monoisotopic (exact) mass is 435 g/mol. The normalized spacial score (nSPS) is 20.2. The Bertz CT molecular complexity index is 922. The highest BCUT2D eigenvalue weighted by atomic mass is 35.5. The van der Waals surface area contributed by atoms with E-state index in [1.165, 1.54) is 6.92 Å². The van der Waals surface area contributed by atoms with Crippen LogP contribution in [0.3, 0.4) is 0 Å². The number of pyridine rings is 1. The quantitative estimate of drug-likeness (QED) is 0.733. The van der Waals surface area contributed by atoms with Crippen molar-refractivity contribution >= 4 is 40.9 Å². The molecule has 1 aromatic heterocycles. The Hall–Kier alpha value is -2.31. The van der Waals surface area contributed by atoms with Crippen LogP contribution in [-0.4, -0.2) is 34.6 Å². The molecule has 0 radical (unpaired) electrons. The summed E-state index contributed by atoms with van der Waals surface area (Å²) >= 11 is 12.8. The largest absolute Gasteiger partial charge is 0.480 e. The highest BCUT2D eigenvalue weighted by Gasteiger charge is 2.36. The second-order valence-corrected chi connectivity index (χ2v) is 8.07. The number of carboxylic acid groups (broad SMARTS) is 1. The van der Waals surface area contributed by atoms with Gasteiger partial charge in [-0.1, -0.05) is 41.4 Å². The standard InChI is InChI=1S/C21H23Cl2N3O3/c1-12-5-4-9-24-19(12)26-10-8-14(20(27)25-13(2)21(28)29)11-17(26)15-6-3-7-16(22)18(15)23/h3-7,9,13-14,17H,8,10-11H2,1-2H3,(H,25,27)(H,28,29). The number of aryl methyl sites for hydroxylation is 1. The highest BCUT2D eigenvalue weighted by Crippen LogP contribution is 2.42. The number of rotatable bonds is 5. The lowest BCUT2D eigenvalue weighted by molar-refractivity contribution is -0.142. The maximum Gasteiger partial charge on any atom is 0.325 e. The maximum absolute atomic E-state index is 12.7.